The largest absolute Gasteiger partial charge is 3.00 e. The SMILES string of the molecule is COc1ccc2c(c1)[cH-]c1c(-c3ccccc3OC)cccc12.[Cl-].[Cl-].[Zr+3]. The Kier molecular flexibility index (Phi) is 8.28. The van der Waals surface area contributed by atoms with Gasteiger partial charge in [-0.1, -0.05) is 54.1 Å². The quantitative estimate of drug-likeness (QED) is 0.378. The smallest absolute Gasteiger partial charge is 1.00 e. The van der Waals surface area contributed by atoms with Crippen LogP contribution in [0.2, 0.25) is 0 Å². The van der Waals surface area contributed by atoms with Crippen molar-refractivity contribution in [1.82, 2.24) is 0 Å². The van der Waals surface area contributed by atoms with Crippen molar-refractivity contribution < 1.29 is 60.5 Å². The summed E-state index contributed by atoms with van der Waals surface area (Å²) in [5.74, 6) is 1.77. The van der Waals surface area contributed by atoms with Gasteiger partial charge in [-0.25, -0.2) is 0 Å². The summed E-state index contributed by atoms with van der Waals surface area (Å²) < 4.78 is 10.9. The van der Waals surface area contributed by atoms with Crippen molar-refractivity contribution in [3.63, 3.8) is 0 Å². The fourth-order valence-electron chi connectivity index (χ4n) is 3.25. The van der Waals surface area contributed by atoms with Gasteiger partial charge in [0.2, 0.25) is 0 Å². The number of fused-ring (bicyclic) bond motifs is 3. The third-order valence-electron chi connectivity index (χ3n) is 4.35. The van der Waals surface area contributed by atoms with E-state index in [4.69, 9.17) is 9.47 Å². The van der Waals surface area contributed by atoms with Crippen LogP contribution in [0.5, 0.6) is 11.5 Å². The first-order chi connectivity index (χ1) is 11.3. The minimum atomic E-state index is 0. The molecule has 0 atom stereocenters. The topological polar surface area (TPSA) is 18.5 Å². The number of rotatable bonds is 3. The monoisotopic (exact) mass is 461 g/mol. The molecule has 0 heterocycles. The van der Waals surface area contributed by atoms with E-state index in [9.17, 15) is 0 Å². The third kappa shape index (κ3) is 3.81. The number of para-hydroxylation sites is 1. The van der Waals surface area contributed by atoms with Gasteiger partial charge < -0.3 is 34.3 Å². The maximum atomic E-state index is 5.54. The molecule has 0 unspecified atom stereocenters. The Bertz CT molecular complexity index is 1010. The van der Waals surface area contributed by atoms with Gasteiger partial charge >= 0.3 is 26.2 Å². The fourth-order valence-corrected chi connectivity index (χ4v) is 3.25. The van der Waals surface area contributed by atoms with Crippen molar-refractivity contribution in [2.45, 2.75) is 0 Å². The number of benzene rings is 3. The molecule has 4 aromatic carbocycles. The molecule has 0 bridgehead atoms. The fraction of sp³-hybridized carbons (Fsp3) is 0.0952. The summed E-state index contributed by atoms with van der Waals surface area (Å²) in [7, 11) is 3.41. The predicted molar refractivity (Wildman–Crippen MR) is 95.6 cm³/mol. The molecule has 0 aromatic heterocycles. The van der Waals surface area contributed by atoms with Crippen molar-refractivity contribution in [3.05, 3.63) is 66.7 Å². The van der Waals surface area contributed by atoms with Crippen LogP contribution in [0.1, 0.15) is 0 Å². The Morgan fingerprint density at radius 2 is 1.46 bits per heavy atom. The summed E-state index contributed by atoms with van der Waals surface area (Å²) in [5.41, 5.74) is 2.30. The van der Waals surface area contributed by atoms with E-state index in [-0.39, 0.29) is 51.0 Å². The van der Waals surface area contributed by atoms with E-state index in [1.165, 1.54) is 27.1 Å². The van der Waals surface area contributed by atoms with Gasteiger partial charge in [0.25, 0.3) is 0 Å². The molecule has 0 aliphatic rings. The van der Waals surface area contributed by atoms with E-state index in [0.29, 0.717) is 0 Å². The Morgan fingerprint density at radius 3 is 2.19 bits per heavy atom. The summed E-state index contributed by atoms with van der Waals surface area (Å²) in [6.45, 7) is 0. The molecule has 0 fully saturated rings. The van der Waals surface area contributed by atoms with Gasteiger partial charge in [-0.15, -0.1) is 27.6 Å². The van der Waals surface area contributed by atoms with Crippen molar-refractivity contribution in [3.8, 4) is 22.6 Å². The molecule has 2 nitrogen and oxygen atoms in total. The molecule has 0 amide bonds. The van der Waals surface area contributed by atoms with E-state index in [0.717, 1.165) is 17.1 Å². The van der Waals surface area contributed by atoms with Gasteiger partial charge in [0.1, 0.15) is 5.75 Å². The summed E-state index contributed by atoms with van der Waals surface area (Å²) in [5, 5.41) is 4.94. The average molecular weight is 463 g/mol. The minimum absolute atomic E-state index is 0. The zero-order valence-corrected chi connectivity index (χ0v) is 18.4. The summed E-state index contributed by atoms with van der Waals surface area (Å²) in [6, 6.07) is 23.0. The predicted octanol–water partition coefficient (Wildman–Crippen LogP) is -0.598. The number of halogens is 2. The molecular formula is C21H17Cl2O2Zr. The van der Waals surface area contributed by atoms with Gasteiger partial charge in [0, 0.05) is 0 Å². The average Bonchev–Trinajstić information content (AvgIpc) is 2.99. The Labute approximate surface area is 184 Å². The van der Waals surface area contributed by atoms with E-state index in [2.05, 4.69) is 42.5 Å². The summed E-state index contributed by atoms with van der Waals surface area (Å²) in [4.78, 5) is 0. The molecular weight excluding hydrogens is 446 g/mol. The normalized spacial score (nSPS) is 9.77. The van der Waals surface area contributed by atoms with Crippen LogP contribution < -0.4 is 34.3 Å². The van der Waals surface area contributed by atoms with E-state index in [1.54, 1.807) is 14.2 Å². The molecule has 0 saturated heterocycles. The van der Waals surface area contributed by atoms with Crippen LogP contribution in [0.25, 0.3) is 32.7 Å². The standard InChI is InChI=1S/C21H17O2.2ClH.Zr/c1-22-15-10-11-16-14(12-15)13-20-17(16)7-5-8-18(20)19-6-3-4-9-21(19)23-2;;;/h3-13H,1-2H3;2*1H;/q-1;;;+3/p-2. The van der Waals surface area contributed by atoms with Gasteiger partial charge in [-0.2, -0.15) is 0 Å². The molecule has 4 rings (SSSR count). The first kappa shape index (κ1) is 22.6. The Balaban J connectivity index is 0.00000113. The molecule has 0 saturated carbocycles. The number of hydrogen-bond donors (Lipinski definition) is 0. The van der Waals surface area contributed by atoms with Gasteiger partial charge in [0.05, 0.1) is 20.0 Å². The van der Waals surface area contributed by atoms with Crippen molar-refractivity contribution in [2.75, 3.05) is 14.2 Å². The first-order valence-electron chi connectivity index (χ1n) is 7.61. The summed E-state index contributed by atoms with van der Waals surface area (Å²) in [6.07, 6.45) is 0. The van der Waals surface area contributed by atoms with E-state index in [1.807, 2.05) is 24.3 Å². The van der Waals surface area contributed by atoms with Gasteiger partial charge in [-0.05, 0) is 17.7 Å². The zero-order chi connectivity index (χ0) is 15.8. The second-order valence-corrected chi connectivity index (χ2v) is 5.56. The zero-order valence-electron chi connectivity index (χ0n) is 14.4. The number of hydrogen-bond acceptors (Lipinski definition) is 2. The van der Waals surface area contributed by atoms with Crippen LogP contribution in [0.4, 0.5) is 0 Å². The van der Waals surface area contributed by atoms with Crippen LogP contribution in [0.15, 0.2) is 66.7 Å². The second kappa shape index (κ2) is 9.51. The molecule has 131 valence electrons. The maximum Gasteiger partial charge on any atom is 3.00 e. The second-order valence-electron chi connectivity index (χ2n) is 5.56. The summed E-state index contributed by atoms with van der Waals surface area (Å²) >= 11 is 0. The number of ether oxygens (including phenoxy) is 2. The third-order valence-corrected chi connectivity index (χ3v) is 4.35. The number of methoxy groups -OCH3 is 2. The Hall–Kier alpha value is -1.41. The molecule has 26 heavy (non-hydrogen) atoms. The molecule has 0 spiro atoms. The molecule has 5 heteroatoms. The van der Waals surface area contributed by atoms with Crippen LogP contribution in [-0.2, 0) is 26.2 Å². The van der Waals surface area contributed by atoms with Crippen molar-refractivity contribution >= 4 is 21.5 Å². The van der Waals surface area contributed by atoms with E-state index < -0.39 is 0 Å². The molecule has 4 aromatic rings. The van der Waals surface area contributed by atoms with Crippen LogP contribution >= 0.6 is 0 Å². The Morgan fingerprint density at radius 1 is 0.731 bits per heavy atom. The molecule has 0 N–H and O–H groups in total. The van der Waals surface area contributed by atoms with Gasteiger partial charge in [-0.3, -0.25) is 0 Å². The van der Waals surface area contributed by atoms with Crippen LogP contribution in [0, 0.1) is 0 Å². The molecule has 0 aliphatic heterocycles. The molecule has 1 radical (unpaired) electrons. The molecule has 0 aliphatic carbocycles. The first-order valence-corrected chi connectivity index (χ1v) is 7.61. The van der Waals surface area contributed by atoms with Crippen LogP contribution in [0.3, 0.4) is 0 Å². The van der Waals surface area contributed by atoms with Crippen molar-refractivity contribution in [1.29, 1.82) is 0 Å². The van der Waals surface area contributed by atoms with Crippen molar-refractivity contribution in [2.24, 2.45) is 0 Å². The van der Waals surface area contributed by atoms with Crippen LogP contribution in [-0.4, -0.2) is 14.2 Å². The maximum absolute atomic E-state index is 5.54. The van der Waals surface area contributed by atoms with Gasteiger partial charge in [0.15, 0.2) is 0 Å². The van der Waals surface area contributed by atoms with E-state index >= 15 is 0 Å². The minimum Gasteiger partial charge on any atom is -1.00 e.